The zero-order valence-electron chi connectivity index (χ0n) is 12.1. The summed E-state index contributed by atoms with van der Waals surface area (Å²) in [6.45, 7) is 2.60. The summed E-state index contributed by atoms with van der Waals surface area (Å²) in [6, 6.07) is 8.18. The fourth-order valence-electron chi connectivity index (χ4n) is 2.52. The summed E-state index contributed by atoms with van der Waals surface area (Å²) >= 11 is 0. The van der Waals surface area contributed by atoms with E-state index >= 15 is 0 Å². The Kier molecular flexibility index (Phi) is 5.87. The molecule has 1 aromatic rings. The van der Waals surface area contributed by atoms with Gasteiger partial charge in [-0.15, -0.1) is 0 Å². The first-order valence-corrected chi connectivity index (χ1v) is 7.65. The first-order chi connectivity index (χ1) is 9.81. The fraction of sp³-hybridized carbons (Fsp3) is 0.562. The minimum absolute atomic E-state index is 0.249. The molecule has 1 aliphatic heterocycles. The molecule has 0 bridgehead atoms. The van der Waals surface area contributed by atoms with Crippen molar-refractivity contribution in [3.63, 3.8) is 0 Å². The maximum Gasteiger partial charge on any atom is 0.226 e. The molecule has 0 aliphatic carbocycles. The van der Waals surface area contributed by atoms with E-state index in [9.17, 15) is 4.79 Å². The molecule has 1 amide bonds. The predicted octanol–water partition coefficient (Wildman–Crippen LogP) is 2.74. The van der Waals surface area contributed by atoms with E-state index in [-0.39, 0.29) is 5.91 Å². The van der Waals surface area contributed by atoms with Gasteiger partial charge < -0.3 is 16.0 Å². The van der Waals surface area contributed by atoms with Crippen LogP contribution in [0.15, 0.2) is 24.3 Å². The van der Waals surface area contributed by atoms with Gasteiger partial charge in [-0.3, -0.25) is 4.79 Å². The number of rotatable bonds is 7. The maximum atomic E-state index is 11.9. The molecule has 110 valence electrons. The van der Waals surface area contributed by atoms with E-state index in [1.54, 1.807) is 0 Å². The Hall–Kier alpha value is -1.55. The molecule has 1 heterocycles. The van der Waals surface area contributed by atoms with Crippen LogP contribution in [0, 0.1) is 0 Å². The van der Waals surface area contributed by atoms with E-state index in [1.165, 1.54) is 6.42 Å². The van der Waals surface area contributed by atoms with Gasteiger partial charge in [0.2, 0.25) is 5.91 Å². The van der Waals surface area contributed by atoms with Crippen LogP contribution in [-0.2, 0) is 4.79 Å². The van der Waals surface area contributed by atoms with Crippen LogP contribution in [0.3, 0.4) is 0 Å². The van der Waals surface area contributed by atoms with Crippen LogP contribution in [0.2, 0.25) is 0 Å². The summed E-state index contributed by atoms with van der Waals surface area (Å²) in [5, 5.41) is 3.40. The lowest BCUT2D eigenvalue weighted by Gasteiger charge is -2.26. The molecule has 1 fully saturated rings. The standard InChI is InChI=1S/C16H25N3O/c17-11-3-1-4-12-18-14-7-9-15(10-8-14)19-13-5-2-6-16(19)20/h7-10,18H,1-6,11-13,17H2. The molecule has 0 spiro atoms. The molecule has 0 saturated carbocycles. The van der Waals surface area contributed by atoms with E-state index in [1.807, 2.05) is 17.0 Å². The largest absolute Gasteiger partial charge is 0.385 e. The van der Waals surface area contributed by atoms with Crippen LogP contribution < -0.4 is 16.0 Å². The lowest BCUT2D eigenvalue weighted by molar-refractivity contribution is -0.119. The second-order valence-corrected chi connectivity index (χ2v) is 5.33. The molecular weight excluding hydrogens is 250 g/mol. The number of anilines is 2. The third kappa shape index (κ3) is 4.23. The molecule has 1 aliphatic rings. The van der Waals surface area contributed by atoms with Crippen LogP contribution in [0.25, 0.3) is 0 Å². The fourth-order valence-corrected chi connectivity index (χ4v) is 2.52. The molecule has 20 heavy (non-hydrogen) atoms. The SMILES string of the molecule is NCCCCCNc1ccc(N2CCCCC2=O)cc1. The number of amides is 1. The average Bonchev–Trinajstić information content (AvgIpc) is 2.48. The molecular formula is C16H25N3O. The molecule has 2 rings (SSSR count). The van der Waals surface area contributed by atoms with Crippen molar-refractivity contribution in [3.05, 3.63) is 24.3 Å². The summed E-state index contributed by atoms with van der Waals surface area (Å²) in [5.41, 5.74) is 7.60. The van der Waals surface area contributed by atoms with Crippen molar-refractivity contribution in [2.75, 3.05) is 29.9 Å². The Morgan fingerprint density at radius 1 is 1.10 bits per heavy atom. The summed E-state index contributed by atoms with van der Waals surface area (Å²) in [4.78, 5) is 13.7. The van der Waals surface area contributed by atoms with Crippen LogP contribution in [0.4, 0.5) is 11.4 Å². The average molecular weight is 275 g/mol. The van der Waals surface area contributed by atoms with Crippen LogP contribution in [0.5, 0.6) is 0 Å². The molecule has 0 aromatic heterocycles. The van der Waals surface area contributed by atoms with E-state index in [0.717, 1.165) is 56.7 Å². The third-order valence-corrected chi connectivity index (χ3v) is 3.71. The highest BCUT2D eigenvalue weighted by molar-refractivity contribution is 5.94. The van der Waals surface area contributed by atoms with E-state index in [2.05, 4.69) is 17.4 Å². The Morgan fingerprint density at radius 2 is 1.90 bits per heavy atom. The molecule has 0 unspecified atom stereocenters. The number of carbonyl (C=O) groups is 1. The highest BCUT2D eigenvalue weighted by atomic mass is 16.2. The quantitative estimate of drug-likeness (QED) is 0.752. The molecule has 3 N–H and O–H groups in total. The lowest BCUT2D eigenvalue weighted by Crippen LogP contribution is -2.35. The number of unbranched alkanes of at least 4 members (excludes halogenated alkanes) is 2. The molecule has 1 aromatic carbocycles. The molecule has 0 atom stereocenters. The topological polar surface area (TPSA) is 58.4 Å². The van der Waals surface area contributed by atoms with Gasteiger partial charge in [0.1, 0.15) is 0 Å². The van der Waals surface area contributed by atoms with Gasteiger partial charge in [0.25, 0.3) is 0 Å². The number of hydrogen-bond donors (Lipinski definition) is 2. The first-order valence-electron chi connectivity index (χ1n) is 7.65. The van der Waals surface area contributed by atoms with Gasteiger partial charge in [-0.2, -0.15) is 0 Å². The Balaban J connectivity index is 1.81. The summed E-state index contributed by atoms with van der Waals surface area (Å²) in [7, 11) is 0. The van der Waals surface area contributed by atoms with Gasteiger partial charge in [0, 0.05) is 30.9 Å². The van der Waals surface area contributed by atoms with Gasteiger partial charge in [0.05, 0.1) is 0 Å². The van der Waals surface area contributed by atoms with Crippen LogP contribution in [0.1, 0.15) is 38.5 Å². The number of nitrogens with zero attached hydrogens (tertiary/aromatic N) is 1. The zero-order valence-corrected chi connectivity index (χ0v) is 12.1. The second-order valence-electron chi connectivity index (χ2n) is 5.33. The molecule has 4 nitrogen and oxygen atoms in total. The number of nitrogens with one attached hydrogen (secondary N) is 1. The Labute approximate surface area is 121 Å². The van der Waals surface area contributed by atoms with Crippen molar-refractivity contribution in [2.45, 2.75) is 38.5 Å². The molecule has 1 saturated heterocycles. The van der Waals surface area contributed by atoms with Crippen LogP contribution >= 0.6 is 0 Å². The molecule has 0 radical (unpaired) electrons. The van der Waals surface area contributed by atoms with E-state index in [0.29, 0.717) is 6.42 Å². The van der Waals surface area contributed by atoms with Crippen LogP contribution in [-0.4, -0.2) is 25.5 Å². The summed E-state index contributed by atoms with van der Waals surface area (Å²) in [5.74, 6) is 0.249. The maximum absolute atomic E-state index is 11.9. The lowest BCUT2D eigenvalue weighted by atomic mass is 10.1. The van der Waals surface area contributed by atoms with Gasteiger partial charge in [-0.1, -0.05) is 6.42 Å². The van der Waals surface area contributed by atoms with E-state index < -0.39 is 0 Å². The second kappa shape index (κ2) is 7.90. The van der Waals surface area contributed by atoms with Gasteiger partial charge in [-0.05, 0) is 56.5 Å². The van der Waals surface area contributed by atoms with Crippen molar-refractivity contribution in [1.29, 1.82) is 0 Å². The Bertz CT molecular complexity index is 416. The highest BCUT2D eigenvalue weighted by Crippen LogP contribution is 2.22. The first kappa shape index (κ1) is 14.9. The van der Waals surface area contributed by atoms with Crippen molar-refractivity contribution in [3.8, 4) is 0 Å². The van der Waals surface area contributed by atoms with Crippen molar-refractivity contribution >= 4 is 17.3 Å². The summed E-state index contributed by atoms with van der Waals surface area (Å²) < 4.78 is 0. The zero-order chi connectivity index (χ0) is 14.2. The highest BCUT2D eigenvalue weighted by Gasteiger charge is 2.19. The monoisotopic (exact) mass is 275 g/mol. The van der Waals surface area contributed by atoms with Crippen molar-refractivity contribution in [2.24, 2.45) is 5.73 Å². The number of piperidine rings is 1. The van der Waals surface area contributed by atoms with Crippen molar-refractivity contribution < 1.29 is 4.79 Å². The number of hydrogen-bond acceptors (Lipinski definition) is 3. The number of benzene rings is 1. The third-order valence-electron chi connectivity index (χ3n) is 3.71. The van der Waals surface area contributed by atoms with Crippen molar-refractivity contribution in [1.82, 2.24) is 0 Å². The number of carbonyl (C=O) groups excluding carboxylic acids is 1. The number of nitrogens with two attached hydrogens (primary N) is 1. The Morgan fingerprint density at radius 3 is 2.60 bits per heavy atom. The van der Waals surface area contributed by atoms with Gasteiger partial charge in [0.15, 0.2) is 0 Å². The van der Waals surface area contributed by atoms with Gasteiger partial charge >= 0.3 is 0 Å². The summed E-state index contributed by atoms with van der Waals surface area (Å²) in [6.07, 6.45) is 6.22. The minimum atomic E-state index is 0.249. The smallest absolute Gasteiger partial charge is 0.226 e. The van der Waals surface area contributed by atoms with E-state index in [4.69, 9.17) is 5.73 Å². The normalized spacial score (nSPS) is 15.4. The van der Waals surface area contributed by atoms with Gasteiger partial charge in [-0.25, -0.2) is 0 Å². The molecule has 4 heteroatoms. The minimum Gasteiger partial charge on any atom is -0.385 e. The predicted molar refractivity (Wildman–Crippen MR) is 84.0 cm³/mol.